The number of halogens is 2. The Balaban J connectivity index is 2.14. The zero-order valence-electron chi connectivity index (χ0n) is 9.54. The molecule has 1 aliphatic heterocycles. The second kappa shape index (κ2) is 5.25. The molecule has 1 aromatic carbocycles. The van der Waals surface area contributed by atoms with E-state index in [-0.39, 0.29) is 11.9 Å². The van der Waals surface area contributed by atoms with Crippen LogP contribution in [-0.4, -0.2) is 29.9 Å². The van der Waals surface area contributed by atoms with Crippen molar-refractivity contribution in [3.05, 3.63) is 33.8 Å². The van der Waals surface area contributed by atoms with E-state index in [1.54, 1.807) is 17.0 Å². The van der Waals surface area contributed by atoms with Crippen LogP contribution < -0.4 is 5.32 Å². The third-order valence-corrected chi connectivity index (χ3v) is 3.49. The molecular weight excluding hydrogens is 259 g/mol. The summed E-state index contributed by atoms with van der Waals surface area (Å²) in [5, 5.41) is 4.41. The largest absolute Gasteiger partial charge is 0.336 e. The van der Waals surface area contributed by atoms with Crippen LogP contribution in [0.3, 0.4) is 0 Å². The van der Waals surface area contributed by atoms with Crippen molar-refractivity contribution < 1.29 is 4.79 Å². The van der Waals surface area contributed by atoms with Crippen LogP contribution in [0.1, 0.15) is 12.5 Å². The van der Waals surface area contributed by atoms with Crippen LogP contribution in [0.25, 0.3) is 0 Å². The summed E-state index contributed by atoms with van der Waals surface area (Å²) in [6, 6.07) is 5.19. The number of nitrogens with zero attached hydrogens (tertiary/aromatic N) is 1. The lowest BCUT2D eigenvalue weighted by Crippen LogP contribution is -2.53. The Hall–Kier alpha value is -0.770. The zero-order valence-corrected chi connectivity index (χ0v) is 11.1. The number of carbonyl (C=O) groups excluding carboxylic acids is 1. The van der Waals surface area contributed by atoms with E-state index in [2.05, 4.69) is 5.32 Å². The van der Waals surface area contributed by atoms with Gasteiger partial charge in [-0.15, -0.1) is 0 Å². The smallest absolute Gasteiger partial charge is 0.239 e. The van der Waals surface area contributed by atoms with Gasteiger partial charge in [0.25, 0.3) is 0 Å². The molecule has 1 aromatic rings. The van der Waals surface area contributed by atoms with Gasteiger partial charge in [-0.3, -0.25) is 4.79 Å². The van der Waals surface area contributed by atoms with E-state index >= 15 is 0 Å². The van der Waals surface area contributed by atoms with Crippen LogP contribution in [0.2, 0.25) is 10.0 Å². The highest BCUT2D eigenvalue weighted by Crippen LogP contribution is 2.22. The van der Waals surface area contributed by atoms with Crippen molar-refractivity contribution in [3.63, 3.8) is 0 Å². The quantitative estimate of drug-likeness (QED) is 0.896. The summed E-state index contributed by atoms with van der Waals surface area (Å²) in [5.41, 5.74) is 0.890. The number of rotatable bonds is 2. The highest BCUT2D eigenvalue weighted by Gasteiger charge is 2.24. The second-order valence-corrected chi connectivity index (χ2v) is 5.01. The maximum Gasteiger partial charge on any atom is 0.239 e. The summed E-state index contributed by atoms with van der Waals surface area (Å²) in [7, 11) is 0. The summed E-state index contributed by atoms with van der Waals surface area (Å²) >= 11 is 12.0. The molecule has 1 aliphatic rings. The molecule has 3 nitrogen and oxygen atoms in total. The summed E-state index contributed by atoms with van der Waals surface area (Å²) in [6.07, 6.45) is 0. The molecule has 1 fully saturated rings. The summed E-state index contributed by atoms with van der Waals surface area (Å²) < 4.78 is 0. The van der Waals surface area contributed by atoms with E-state index in [4.69, 9.17) is 23.2 Å². The minimum atomic E-state index is -0.123. The van der Waals surface area contributed by atoms with Crippen molar-refractivity contribution in [2.45, 2.75) is 19.5 Å². The fourth-order valence-corrected chi connectivity index (χ4v) is 2.29. The van der Waals surface area contributed by atoms with Gasteiger partial charge in [0.1, 0.15) is 0 Å². The number of benzene rings is 1. The third-order valence-electron chi connectivity index (χ3n) is 2.88. The average Bonchev–Trinajstić information content (AvgIpc) is 2.30. The second-order valence-electron chi connectivity index (χ2n) is 4.17. The van der Waals surface area contributed by atoms with Crippen LogP contribution in [0, 0.1) is 0 Å². The van der Waals surface area contributed by atoms with E-state index in [1.807, 2.05) is 13.0 Å². The number of carbonyl (C=O) groups is 1. The maximum absolute atomic E-state index is 11.9. The Morgan fingerprint density at radius 1 is 1.47 bits per heavy atom. The van der Waals surface area contributed by atoms with E-state index in [0.717, 1.165) is 12.1 Å². The van der Waals surface area contributed by atoms with Gasteiger partial charge in [0.05, 0.1) is 6.04 Å². The van der Waals surface area contributed by atoms with Crippen molar-refractivity contribution >= 4 is 29.1 Å². The summed E-state index contributed by atoms with van der Waals surface area (Å²) in [4.78, 5) is 13.7. The van der Waals surface area contributed by atoms with E-state index in [9.17, 15) is 4.79 Å². The van der Waals surface area contributed by atoms with Crippen LogP contribution in [0.4, 0.5) is 0 Å². The molecule has 1 heterocycles. The molecule has 0 bridgehead atoms. The molecule has 1 amide bonds. The predicted molar refractivity (Wildman–Crippen MR) is 69.3 cm³/mol. The molecule has 0 saturated carbocycles. The van der Waals surface area contributed by atoms with Crippen molar-refractivity contribution in [2.24, 2.45) is 0 Å². The zero-order chi connectivity index (χ0) is 12.4. The molecule has 17 heavy (non-hydrogen) atoms. The lowest BCUT2D eigenvalue weighted by atomic mass is 10.1. The minimum absolute atomic E-state index is 0.104. The van der Waals surface area contributed by atoms with Crippen molar-refractivity contribution in [1.82, 2.24) is 10.2 Å². The highest BCUT2D eigenvalue weighted by molar-refractivity contribution is 6.33. The van der Waals surface area contributed by atoms with Gasteiger partial charge in [0.15, 0.2) is 0 Å². The summed E-state index contributed by atoms with van der Waals surface area (Å²) in [6.45, 7) is 3.90. The Morgan fingerprint density at radius 2 is 2.24 bits per heavy atom. The molecule has 1 saturated heterocycles. The first-order valence-electron chi connectivity index (χ1n) is 5.54. The maximum atomic E-state index is 11.9. The molecule has 92 valence electrons. The molecule has 0 spiro atoms. The van der Waals surface area contributed by atoms with Gasteiger partial charge in [0, 0.05) is 29.7 Å². The van der Waals surface area contributed by atoms with Gasteiger partial charge in [-0.05, 0) is 30.7 Å². The molecule has 2 rings (SSSR count). The van der Waals surface area contributed by atoms with Gasteiger partial charge >= 0.3 is 0 Å². The van der Waals surface area contributed by atoms with Crippen molar-refractivity contribution in [3.8, 4) is 0 Å². The van der Waals surface area contributed by atoms with Crippen molar-refractivity contribution in [1.29, 1.82) is 0 Å². The van der Waals surface area contributed by atoms with Gasteiger partial charge in [0.2, 0.25) is 5.91 Å². The lowest BCUT2D eigenvalue weighted by Gasteiger charge is -2.31. The standard InChI is InChI=1S/C12H14Cl2N2O/c1-8-12(17)16(5-4-15-8)7-9-6-10(13)2-3-11(9)14/h2-3,6,8,15H,4-5,7H2,1H3. The predicted octanol–water partition coefficient (Wildman–Crippen LogP) is 2.31. The normalized spacial score (nSPS) is 20.8. The summed E-state index contributed by atoms with van der Waals surface area (Å²) in [5.74, 6) is 0.104. The van der Waals surface area contributed by atoms with E-state index in [1.165, 1.54) is 0 Å². The highest BCUT2D eigenvalue weighted by atomic mass is 35.5. The molecular formula is C12H14Cl2N2O. The Morgan fingerprint density at radius 3 is 3.00 bits per heavy atom. The van der Waals surface area contributed by atoms with Gasteiger partial charge in [-0.2, -0.15) is 0 Å². The minimum Gasteiger partial charge on any atom is -0.336 e. The lowest BCUT2D eigenvalue weighted by molar-refractivity contribution is -0.135. The van der Waals surface area contributed by atoms with Crippen LogP contribution >= 0.6 is 23.2 Å². The molecule has 0 radical (unpaired) electrons. The van der Waals surface area contributed by atoms with Gasteiger partial charge < -0.3 is 10.2 Å². The fourth-order valence-electron chi connectivity index (χ4n) is 1.91. The van der Waals surface area contributed by atoms with Crippen LogP contribution in [0.5, 0.6) is 0 Å². The van der Waals surface area contributed by atoms with Gasteiger partial charge in [-0.25, -0.2) is 0 Å². The Labute approximate surface area is 111 Å². The number of amides is 1. The van der Waals surface area contributed by atoms with Crippen molar-refractivity contribution in [2.75, 3.05) is 13.1 Å². The van der Waals surface area contributed by atoms with Gasteiger partial charge in [-0.1, -0.05) is 23.2 Å². The molecule has 1 atom stereocenters. The third kappa shape index (κ3) is 2.92. The molecule has 0 aromatic heterocycles. The Bertz CT molecular complexity index is 437. The van der Waals surface area contributed by atoms with E-state index in [0.29, 0.717) is 23.1 Å². The topological polar surface area (TPSA) is 32.3 Å². The molecule has 1 unspecified atom stereocenters. The van der Waals surface area contributed by atoms with Crippen LogP contribution in [0.15, 0.2) is 18.2 Å². The Kier molecular flexibility index (Phi) is 3.92. The molecule has 1 N–H and O–H groups in total. The first-order chi connectivity index (χ1) is 8.08. The van der Waals surface area contributed by atoms with Crippen LogP contribution in [-0.2, 0) is 11.3 Å². The number of hydrogen-bond acceptors (Lipinski definition) is 2. The number of nitrogens with one attached hydrogen (secondary N) is 1. The SMILES string of the molecule is CC1NCCN(Cc2cc(Cl)ccc2Cl)C1=O. The number of piperazine rings is 1. The first-order valence-corrected chi connectivity index (χ1v) is 6.29. The monoisotopic (exact) mass is 272 g/mol. The number of hydrogen-bond donors (Lipinski definition) is 1. The molecule has 5 heteroatoms. The first kappa shape index (κ1) is 12.7. The van der Waals surface area contributed by atoms with E-state index < -0.39 is 0 Å². The molecule has 0 aliphatic carbocycles. The fraction of sp³-hybridized carbons (Fsp3) is 0.417. The average molecular weight is 273 g/mol.